The zero-order valence-corrected chi connectivity index (χ0v) is 10.8. The Kier molecular flexibility index (Phi) is 3.84. The number of nitrogens with one attached hydrogen (secondary N) is 1. The molecule has 0 heterocycles. The summed E-state index contributed by atoms with van der Waals surface area (Å²) < 4.78 is 13.8. The van der Waals surface area contributed by atoms with Crippen molar-refractivity contribution in [3.63, 3.8) is 0 Å². The molecule has 0 fully saturated rings. The molecule has 0 spiro atoms. The first kappa shape index (κ1) is 13.8. The molecule has 20 heavy (non-hydrogen) atoms. The number of rotatable bonds is 4. The summed E-state index contributed by atoms with van der Waals surface area (Å²) in [5.41, 5.74) is 7.15. The largest absolute Gasteiger partial charge is 0.399 e. The van der Waals surface area contributed by atoms with Crippen LogP contribution in [0.15, 0.2) is 42.5 Å². The smallest absolute Gasteiger partial charge is 0.272 e. The van der Waals surface area contributed by atoms with Gasteiger partial charge in [-0.3, -0.25) is 10.1 Å². The van der Waals surface area contributed by atoms with Crippen LogP contribution in [0.3, 0.4) is 0 Å². The van der Waals surface area contributed by atoms with Gasteiger partial charge in [0.25, 0.3) is 5.69 Å². The van der Waals surface area contributed by atoms with Gasteiger partial charge < -0.3 is 11.1 Å². The van der Waals surface area contributed by atoms with Gasteiger partial charge in [0.2, 0.25) is 0 Å². The van der Waals surface area contributed by atoms with Crippen LogP contribution in [0.4, 0.5) is 21.5 Å². The van der Waals surface area contributed by atoms with Crippen LogP contribution in [0.25, 0.3) is 0 Å². The van der Waals surface area contributed by atoms with E-state index >= 15 is 0 Å². The van der Waals surface area contributed by atoms with Crippen molar-refractivity contribution in [1.82, 2.24) is 0 Å². The van der Waals surface area contributed by atoms with Gasteiger partial charge in [-0.25, -0.2) is 4.39 Å². The van der Waals surface area contributed by atoms with Crippen LogP contribution in [0.2, 0.25) is 0 Å². The second kappa shape index (κ2) is 5.56. The fourth-order valence-electron chi connectivity index (χ4n) is 1.84. The average molecular weight is 275 g/mol. The van der Waals surface area contributed by atoms with Crippen molar-refractivity contribution in [2.45, 2.75) is 13.0 Å². The number of benzene rings is 2. The Hall–Kier alpha value is -2.63. The molecule has 104 valence electrons. The molecule has 0 saturated carbocycles. The van der Waals surface area contributed by atoms with Crippen LogP contribution < -0.4 is 11.1 Å². The van der Waals surface area contributed by atoms with Gasteiger partial charge in [-0.1, -0.05) is 12.1 Å². The van der Waals surface area contributed by atoms with Gasteiger partial charge in [0, 0.05) is 17.8 Å². The molecule has 3 N–H and O–H groups in total. The lowest BCUT2D eigenvalue weighted by molar-refractivity contribution is -0.385. The maximum Gasteiger partial charge on any atom is 0.272 e. The number of halogens is 1. The molecule has 2 rings (SSSR count). The van der Waals surface area contributed by atoms with Crippen molar-refractivity contribution < 1.29 is 9.31 Å². The Balaban J connectivity index is 2.17. The molecular formula is C14H14FN3O2. The number of nitro groups is 1. The topological polar surface area (TPSA) is 81.2 Å². The van der Waals surface area contributed by atoms with Crippen molar-refractivity contribution in [3.05, 3.63) is 64.0 Å². The number of nitrogens with zero attached hydrogens (tertiary/aromatic N) is 1. The van der Waals surface area contributed by atoms with E-state index in [0.29, 0.717) is 5.69 Å². The van der Waals surface area contributed by atoms with Gasteiger partial charge in [0.05, 0.1) is 16.7 Å². The number of nitrogens with two attached hydrogens (primary N) is 1. The molecule has 1 unspecified atom stereocenters. The zero-order chi connectivity index (χ0) is 14.7. The molecule has 0 aliphatic carbocycles. The second-order valence-corrected chi connectivity index (χ2v) is 4.45. The van der Waals surface area contributed by atoms with Crippen molar-refractivity contribution in [3.8, 4) is 0 Å². The minimum absolute atomic E-state index is 0.147. The third kappa shape index (κ3) is 3.03. The van der Waals surface area contributed by atoms with E-state index in [2.05, 4.69) is 5.32 Å². The van der Waals surface area contributed by atoms with E-state index in [1.165, 1.54) is 12.1 Å². The fraction of sp³-hybridized carbons (Fsp3) is 0.143. The van der Waals surface area contributed by atoms with Gasteiger partial charge in [-0.2, -0.15) is 0 Å². The van der Waals surface area contributed by atoms with Gasteiger partial charge in [0.15, 0.2) is 5.82 Å². The molecule has 2 aromatic carbocycles. The highest BCUT2D eigenvalue weighted by atomic mass is 19.1. The predicted octanol–water partition coefficient (Wildman–Crippen LogP) is 3.49. The van der Waals surface area contributed by atoms with Crippen LogP contribution in [-0.2, 0) is 0 Å². The van der Waals surface area contributed by atoms with Crippen molar-refractivity contribution in [1.29, 1.82) is 0 Å². The van der Waals surface area contributed by atoms with Gasteiger partial charge in [0.1, 0.15) is 0 Å². The highest BCUT2D eigenvalue weighted by molar-refractivity contribution is 5.52. The summed E-state index contributed by atoms with van der Waals surface area (Å²) in [4.78, 5) is 9.92. The maximum absolute atomic E-state index is 13.8. The molecular weight excluding hydrogens is 261 g/mol. The van der Waals surface area contributed by atoms with E-state index in [-0.39, 0.29) is 17.4 Å². The second-order valence-electron chi connectivity index (χ2n) is 4.45. The normalized spacial score (nSPS) is 11.9. The summed E-state index contributed by atoms with van der Waals surface area (Å²) in [5.74, 6) is -0.651. The Bertz CT molecular complexity index is 629. The minimum atomic E-state index is -0.651. The highest BCUT2D eigenvalue weighted by Gasteiger charge is 2.13. The van der Waals surface area contributed by atoms with Crippen LogP contribution in [-0.4, -0.2) is 4.92 Å². The molecule has 0 bridgehead atoms. The van der Waals surface area contributed by atoms with Crippen molar-refractivity contribution in [2.75, 3.05) is 11.1 Å². The van der Waals surface area contributed by atoms with E-state index in [9.17, 15) is 14.5 Å². The lowest BCUT2D eigenvalue weighted by Crippen LogP contribution is -2.08. The van der Waals surface area contributed by atoms with Crippen LogP contribution in [0, 0.1) is 15.9 Å². The Morgan fingerprint density at radius 3 is 2.45 bits per heavy atom. The molecule has 1 atom stereocenters. The van der Waals surface area contributed by atoms with Crippen LogP contribution >= 0.6 is 0 Å². The predicted molar refractivity (Wildman–Crippen MR) is 75.9 cm³/mol. The summed E-state index contributed by atoms with van der Waals surface area (Å²) in [6.07, 6.45) is 0. The standard InChI is InChI=1S/C14H14FN3O2/c1-9(10-2-4-11(16)5-3-10)17-14-7-6-12(18(19)20)8-13(14)15/h2-9,17H,16H2,1H3. The molecule has 0 amide bonds. The summed E-state index contributed by atoms with van der Waals surface area (Å²) >= 11 is 0. The molecule has 2 aromatic rings. The Morgan fingerprint density at radius 2 is 1.90 bits per heavy atom. The lowest BCUT2D eigenvalue weighted by atomic mass is 10.1. The number of hydrogen-bond donors (Lipinski definition) is 2. The average Bonchev–Trinajstić information content (AvgIpc) is 2.41. The third-order valence-electron chi connectivity index (χ3n) is 2.97. The number of nitrogen functional groups attached to an aromatic ring is 1. The monoisotopic (exact) mass is 275 g/mol. The van der Waals surface area contributed by atoms with Crippen molar-refractivity contribution >= 4 is 17.1 Å². The molecule has 0 radical (unpaired) electrons. The molecule has 0 aliphatic heterocycles. The first-order valence-electron chi connectivity index (χ1n) is 6.03. The quantitative estimate of drug-likeness (QED) is 0.508. The first-order chi connectivity index (χ1) is 9.47. The molecule has 0 aromatic heterocycles. The van der Waals surface area contributed by atoms with Gasteiger partial charge in [-0.05, 0) is 30.7 Å². The number of non-ortho nitro benzene ring substituents is 1. The Labute approximate surface area is 115 Å². The van der Waals surface area contributed by atoms with E-state index < -0.39 is 10.7 Å². The van der Waals surface area contributed by atoms with Gasteiger partial charge >= 0.3 is 0 Å². The third-order valence-corrected chi connectivity index (χ3v) is 2.97. The van der Waals surface area contributed by atoms with E-state index in [1.807, 2.05) is 19.1 Å². The minimum Gasteiger partial charge on any atom is -0.399 e. The molecule has 0 aliphatic rings. The molecule has 0 saturated heterocycles. The Morgan fingerprint density at radius 1 is 1.25 bits per heavy atom. The van der Waals surface area contributed by atoms with Crippen molar-refractivity contribution in [2.24, 2.45) is 0 Å². The molecule has 5 nitrogen and oxygen atoms in total. The number of anilines is 2. The van der Waals surface area contributed by atoms with Crippen LogP contribution in [0.5, 0.6) is 0 Å². The fourth-order valence-corrected chi connectivity index (χ4v) is 1.84. The van der Waals surface area contributed by atoms with Gasteiger partial charge in [-0.15, -0.1) is 0 Å². The van der Waals surface area contributed by atoms with Crippen LogP contribution in [0.1, 0.15) is 18.5 Å². The molecule has 6 heteroatoms. The zero-order valence-electron chi connectivity index (χ0n) is 10.8. The number of nitro benzene ring substituents is 1. The maximum atomic E-state index is 13.8. The van der Waals surface area contributed by atoms with E-state index in [1.54, 1.807) is 12.1 Å². The lowest BCUT2D eigenvalue weighted by Gasteiger charge is -2.16. The summed E-state index contributed by atoms with van der Waals surface area (Å²) in [6, 6.07) is 10.6. The SMILES string of the molecule is CC(Nc1ccc([N+](=O)[O-])cc1F)c1ccc(N)cc1. The highest BCUT2D eigenvalue weighted by Crippen LogP contribution is 2.25. The summed E-state index contributed by atoms with van der Waals surface area (Å²) in [5, 5.41) is 13.5. The number of hydrogen-bond acceptors (Lipinski definition) is 4. The summed E-state index contributed by atoms with van der Waals surface area (Å²) in [6.45, 7) is 1.87. The summed E-state index contributed by atoms with van der Waals surface area (Å²) in [7, 11) is 0. The first-order valence-corrected chi connectivity index (χ1v) is 6.03. The van der Waals surface area contributed by atoms with E-state index in [0.717, 1.165) is 11.6 Å². The van der Waals surface area contributed by atoms with E-state index in [4.69, 9.17) is 5.73 Å².